The fourth-order valence-corrected chi connectivity index (χ4v) is 8.56. The molecular formula is C32H39ClN2O6S. The molecule has 0 saturated heterocycles. The van der Waals surface area contributed by atoms with E-state index in [4.69, 9.17) is 21.1 Å². The van der Waals surface area contributed by atoms with Gasteiger partial charge in [-0.25, -0.2) is 13.1 Å². The van der Waals surface area contributed by atoms with Crippen LogP contribution in [0, 0.1) is 17.8 Å². The Kier molecular flexibility index (Phi) is 8.30. The maximum Gasteiger partial charge on any atom is 0.264 e. The first-order valence-corrected chi connectivity index (χ1v) is 16.8. The van der Waals surface area contributed by atoms with Crippen LogP contribution in [-0.4, -0.2) is 58.9 Å². The fourth-order valence-electron chi connectivity index (χ4n) is 7.30. The van der Waals surface area contributed by atoms with E-state index in [1.807, 2.05) is 12.1 Å². The highest BCUT2D eigenvalue weighted by atomic mass is 35.5. The number of ether oxygens (including phenoxy) is 2. The molecule has 1 fully saturated rings. The Morgan fingerprint density at radius 1 is 1.19 bits per heavy atom. The number of carbonyl (C=O) groups is 1. The van der Waals surface area contributed by atoms with Crippen molar-refractivity contribution in [3.05, 3.63) is 64.7 Å². The number of benzene rings is 2. The zero-order valence-corrected chi connectivity index (χ0v) is 25.5. The molecule has 42 heavy (non-hydrogen) atoms. The van der Waals surface area contributed by atoms with Crippen molar-refractivity contribution in [3.63, 3.8) is 0 Å². The molecule has 0 radical (unpaired) electrons. The molecule has 0 unspecified atom stereocenters. The number of aryl methyl sites for hydroxylation is 1. The van der Waals surface area contributed by atoms with Gasteiger partial charge in [0.25, 0.3) is 10.0 Å². The van der Waals surface area contributed by atoms with E-state index < -0.39 is 28.5 Å². The second-order valence-corrected chi connectivity index (χ2v) is 14.4. The Balaban J connectivity index is 1.44. The zero-order chi connectivity index (χ0) is 29.5. The van der Waals surface area contributed by atoms with E-state index in [-0.39, 0.29) is 16.4 Å². The predicted octanol–water partition coefficient (Wildman–Crippen LogP) is 4.62. The molecule has 2 aliphatic heterocycles. The molecule has 2 aromatic rings. The van der Waals surface area contributed by atoms with E-state index in [1.54, 1.807) is 19.2 Å². The Labute approximate surface area is 253 Å². The summed E-state index contributed by atoms with van der Waals surface area (Å²) in [6, 6.07) is 11.0. The van der Waals surface area contributed by atoms with Crippen LogP contribution in [0.1, 0.15) is 49.7 Å². The summed E-state index contributed by atoms with van der Waals surface area (Å²) in [5, 5.41) is 10.6. The number of sulfonamides is 1. The van der Waals surface area contributed by atoms with Gasteiger partial charge in [-0.2, -0.15) is 0 Å². The van der Waals surface area contributed by atoms with E-state index in [0.29, 0.717) is 49.3 Å². The van der Waals surface area contributed by atoms with Gasteiger partial charge in [-0.05, 0) is 98.2 Å². The standard InChI is InChI=1S/C32H39ClN2O6S/c1-40-29-7-3-2-5-23(18-36)31(37)34-42(38,39)25-10-13-30-28(16-25)35(17-22-8-11-26(22)29)19-32(20-41-30)14-4-6-21-15-24(33)9-12-27(21)32/h3,7,9-10,12-13,15-16,22-23,26,29,36H,2,4-6,8,11,14,17-20H2,1H3,(H,34,37)/b7-3+/t22-,23-,26+,29+,32-/m0/s1. The molecule has 5 atom stereocenters. The number of hydrogen-bond donors (Lipinski definition) is 2. The second kappa shape index (κ2) is 11.8. The van der Waals surface area contributed by atoms with Crippen LogP contribution in [0.15, 0.2) is 53.4 Å². The Bertz CT molecular complexity index is 1480. The number of hydrogen-bond acceptors (Lipinski definition) is 7. The van der Waals surface area contributed by atoms with Crippen LogP contribution < -0.4 is 14.4 Å². The molecule has 2 bridgehead atoms. The molecule has 0 aromatic heterocycles. The van der Waals surface area contributed by atoms with Crippen LogP contribution in [0.25, 0.3) is 0 Å². The lowest BCUT2D eigenvalue weighted by atomic mass is 9.68. The van der Waals surface area contributed by atoms with Crippen LogP contribution in [-0.2, 0) is 31.4 Å². The van der Waals surface area contributed by atoms with Crippen molar-refractivity contribution in [3.8, 4) is 5.75 Å². The summed E-state index contributed by atoms with van der Waals surface area (Å²) in [5.41, 5.74) is 2.92. The molecule has 1 saturated carbocycles. The van der Waals surface area contributed by atoms with Crippen LogP contribution >= 0.6 is 11.6 Å². The van der Waals surface area contributed by atoms with Crippen molar-refractivity contribution in [1.82, 2.24) is 4.72 Å². The zero-order valence-electron chi connectivity index (χ0n) is 23.9. The molecule has 10 heteroatoms. The average molecular weight is 615 g/mol. The summed E-state index contributed by atoms with van der Waals surface area (Å²) in [6.45, 7) is 1.45. The number of aliphatic hydroxyl groups is 1. The minimum atomic E-state index is -4.17. The van der Waals surface area contributed by atoms with E-state index in [1.165, 1.54) is 17.2 Å². The van der Waals surface area contributed by atoms with Gasteiger partial charge < -0.3 is 19.5 Å². The first-order valence-electron chi connectivity index (χ1n) is 14.9. The van der Waals surface area contributed by atoms with Crippen molar-refractivity contribution >= 4 is 33.2 Å². The fraction of sp³-hybridized carbons (Fsp3) is 0.531. The largest absolute Gasteiger partial charge is 0.490 e. The van der Waals surface area contributed by atoms with Crippen molar-refractivity contribution in [2.24, 2.45) is 17.8 Å². The summed E-state index contributed by atoms with van der Waals surface area (Å²) in [7, 11) is -2.44. The SMILES string of the molecule is CO[C@@H]1/C=C/CC[C@@H](CO)C(=O)NS(=O)(=O)c2ccc3c(c2)N(C[C@@H]2CC[C@H]21)C[C@@]1(CCCc2cc(Cl)ccc21)CO3. The number of amides is 1. The Morgan fingerprint density at radius 2 is 2.05 bits per heavy atom. The number of anilines is 1. The molecule has 6 rings (SSSR count). The van der Waals surface area contributed by atoms with Gasteiger partial charge in [0.2, 0.25) is 5.91 Å². The Morgan fingerprint density at radius 3 is 2.81 bits per heavy atom. The van der Waals surface area contributed by atoms with Crippen molar-refractivity contribution in [1.29, 1.82) is 0 Å². The smallest absolute Gasteiger partial charge is 0.264 e. The number of allylic oxidation sites excluding steroid dienone is 1. The number of aliphatic hydroxyl groups excluding tert-OH is 1. The lowest BCUT2D eigenvalue weighted by Crippen LogP contribution is -2.49. The summed E-state index contributed by atoms with van der Waals surface area (Å²) in [6.07, 6.45) is 9.90. The van der Waals surface area contributed by atoms with Crippen LogP contribution in [0.5, 0.6) is 5.75 Å². The number of fused-ring (bicyclic) bond motifs is 4. The van der Waals surface area contributed by atoms with Gasteiger partial charge in [-0.15, -0.1) is 0 Å². The molecule has 2 aromatic carbocycles. The summed E-state index contributed by atoms with van der Waals surface area (Å²) in [5.74, 6) is -0.236. The molecule has 2 N–H and O–H groups in total. The highest BCUT2D eigenvalue weighted by Gasteiger charge is 2.44. The second-order valence-electron chi connectivity index (χ2n) is 12.3. The third-order valence-corrected chi connectivity index (χ3v) is 11.4. The quantitative estimate of drug-likeness (QED) is 0.476. The first-order chi connectivity index (χ1) is 20.2. The maximum atomic E-state index is 13.4. The molecular weight excluding hydrogens is 576 g/mol. The number of halogens is 1. The Hall–Kier alpha value is -2.59. The highest BCUT2D eigenvalue weighted by Crippen LogP contribution is 2.47. The van der Waals surface area contributed by atoms with Gasteiger partial charge >= 0.3 is 0 Å². The number of rotatable bonds is 2. The van der Waals surface area contributed by atoms with E-state index in [9.17, 15) is 18.3 Å². The monoisotopic (exact) mass is 614 g/mol. The lowest BCUT2D eigenvalue weighted by molar-refractivity contribution is -0.124. The van der Waals surface area contributed by atoms with Crippen molar-refractivity contribution in [2.45, 2.75) is 61.4 Å². The molecule has 226 valence electrons. The van der Waals surface area contributed by atoms with Gasteiger partial charge in [0.1, 0.15) is 5.75 Å². The van der Waals surface area contributed by atoms with E-state index >= 15 is 0 Å². The number of carbonyl (C=O) groups excluding carboxylic acids is 1. The first kappa shape index (κ1) is 29.5. The number of nitrogens with zero attached hydrogens (tertiary/aromatic N) is 1. The summed E-state index contributed by atoms with van der Waals surface area (Å²) < 4.78 is 41.5. The van der Waals surface area contributed by atoms with Crippen LogP contribution in [0.2, 0.25) is 5.02 Å². The van der Waals surface area contributed by atoms with Gasteiger partial charge in [0, 0.05) is 30.6 Å². The van der Waals surface area contributed by atoms with Gasteiger partial charge in [0.05, 0.1) is 35.8 Å². The van der Waals surface area contributed by atoms with Crippen molar-refractivity contribution in [2.75, 3.05) is 38.3 Å². The molecule has 4 aliphatic rings. The lowest BCUT2D eigenvalue weighted by Gasteiger charge is -2.46. The average Bonchev–Trinajstić information content (AvgIpc) is 3.10. The molecule has 1 amide bonds. The topological polar surface area (TPSA) is 105 Å². The van der Waals surface area contributed by atoms with Gasteiger partial charge in [-0.1, -0.05) is 29.8 Å². The summed E-state index contributed by atoms with van der Waals surface area (Å²) in [4.78, 5) is 15.2. The van der Waals surface area contributed by atoms with E-state index in [0.717, 1.165) is 43.7 Å². The summed E-state index contributed by atoms with van der Waals surface area (Å²) >= 11 is 6.39. The normalized spacial score (nSPS) is 31.5. The molecule has 2 aliphatic carbocycles. The molecule has 2 heterocycles. The van der Waals surface area contributed by atoms with Gasteiger partial charge in [-0.3, -0.25) is 4.79 Å². The minimum Gasteiger partial charge on any atom is -0.490 e. The maximum absolute atomic E-state index is 13.4. The minimum absolute atomic E-state index is 0.00131. The highest BCUT2D eigenvalue weighted by molar-refractivity contribution is 7.90. The van der Waals surface area contributed by atoms with Gasteiger partial charge in [0.15, 0.2) is 0 Å². The third kappa shape index (κ3) is 5.56. The number of methoxy groups -OCH3 is 1. The molecule has 1 spiro atoms. The predicted molar refractivity (Wildman–Crippen MR) is 162 cm³/mol. The third-order valence-electron chi connectivity index (χ3n) is 9.78. The number of nitrogens with one attached hydrogen (secondary N) is 1. The molecule has 8 nitrogen and oxygen atoms in total. The van der Waals surface area contributed by atoms with E-state index in [2.05, 4.69) is 27.8 Å². The van der Waals surface area contributed by atoms with Crippen LogP contribution in [0.3, 0.4) is 0 Å². The van der Waals surface area contributed by atoms with Crippen LogP contribution in [0.4, 0.5) is 5.69 Å². The van der Waals surface area contributed by atoms with Crippen molar-refractivity contribution < 1.29 is 27.8 Å².